The van der Waals surface area contributed by atoms with Crippen LogP contribution in [-0.4, -0.2) is 92.5 Å². The van der Waals surface area contributed by atoms with E-state index in [1.807, 2.05) is 0 Å². The Hall–Kier alpha value is 2.66. The van der Waals surface area contributed by atoms with Crippen LogP contribution >= 0.6 is 0 Å². The first-order valence-electron chi connectivity index (χ1n) is 18.7. The van der Waals surface area contributed by atoms with Crippen molar-refractivity contribution in [3.63, 3.8) is 0 Å². The molecule has 0 aromatic heterocycles. The third kappa shape index (κ3) is 47.6. The van der Waals surface area contributed by atoms with E-state index in [0.29, 0.717) is 12.5 Å². The van der Waals surface area contributed by atoms with Crippen molar-refractivity contribution in [3.8, 4) is 0 Å². The standard InChI is InChI=1S/C8H18O.3C8H17.C4H9.Al.Ba.Li.2H/c1-3-5-6-8(4-2)7-9;3*1-3-5-7-8-6-4-2;1-3-4-2;;;;;/h8-9H,3-7H2,1-2H3;3*1,3-8H2,2H3;1,3-4H2,2H3;;;;;. The molecular weight excluding hydrogens is 620 g/mol. The van der Waals surface area contributed by atoms with Gasteiger partial charge in [0.05, 0.1) is 0 Å². The molecule has 0 aliphatic heterocycles. The molecule has 0 bridgehead atoms. The van der Waals surface area contributed by atoms with Gasteiger partial charge >= 0.3 is 91.5 Å². The molecule has 1 nitrogen and oxygen atoms in total. The van der Waals surface area contributed by atoms with E-state index >= 15 is 0 Å². The molecule has 0 aliphatic rings. The summed E-state index contributed by atoms with van der Waals surface area (Å²) >= 11 is 1.80. The van der Waals surface area contributed by atoms with Crippen LogP contribution in [0, 0.1) is 5.92 Å². The quantitative estimate of drug-likeness (QED) is 0.0637. The molecule has 0 amide bonds. The number of hydrogen-bond acceptors (Lipinski definition) is 1. The summed E-state index contributed by atoms with van der Waals surface area (Å²) in [6.07, 6.45) is 34.3. The first kappa shape index (κ1) is 49.5. The Kier molecular flexibility index (Phi) is 60.1. The minimum absolute atomic E-state index is 0. The van der Waals surface area contributed by atoms with Gasteiger partial charge in [0, 0.05) is 6.61 Å². The van der Waals surface area contributed by atoms with Crippen molar-refractivity contribution in [2.24, 2.45) is 5.92 Å². The normalized spacial score (nSPS) is 11.1. The second kappa shape index (κ2) is 48.6. The van der Waals surface area contributed by atoms with Gasteiger partial charge in [-0.15, -0.1) is 0 Å². The van der Waals surface area contributed by atoms with Gasteiger partial charge < -0.3 is 5.11 Å². The van der Waals surface area contributed by atoms with Crippen LogP contribution < -0.4 is 0 Å². The van der Waals surface area contributed by atoms with Crippen molar-refractivity contribution in [2.75, 3.05) is 6.61 Å². The topological polar surface area (TPSA) is 20.2 Å². The average molecular weight is 700 g/mol. The fourth-order valence-corrected chi connectivity index (χ4v) is 8.81. The fourth-order valence-electron chi connectivity index (χ4n) is 5.34. The van der Waals surface area contributed by atoms with Crippen molar-refractivity contribution in [2.45, 2.75) is 217 Å². The SMILES string of the molecule is CCCCC(CC)CO.CCCCCCC[CH2][Al]([CH2]CCCCCCC)[CH2]CCCCCCC.[BaH2].[Li][CH2]CCC. The van der Waals surface area contributed by atoms with Gasteiger partial charge in [-0.1, -0.05) is 185 Å². The maximum absolute atomic E-state index is 8.75. The summed E-state index contributed by atoms with van der Waals surface area (Å²) in [5, 5.41) is 15.1. The van der Waals surface area contributed by atoms with Crippen molar-refractivity contribution in [1.29, 1.82) is 0 Å². The molecule has 0 aromatic carbocycles. The van der Waals surface area contributed by atoms with Gasteiger partial charge in [0.1, 0.15) is 0 Å². The third-order valence-corrected chi connectivity index (χ3v) is 12.1. The van der Waals surface area contributed by atoms with Crippen LogP contribution in [-0.2, 0) is 0 Å². The molecule has 0 saturated carbocycles. The molecule has 0 spiro atoms. The van der Waals surface area contributed by atoms with Crippen LogP contribution in [0.1, 0.15) is 196 Å². The molecule has 1 N–H and O–H groups in total. The molecule has 0 aliphatic carbocycles. The van der Waals surface area contributed by atoms with Gasteiger partial charge in [-0.25, -0.2) is 0 Å². The van der Waals surface area contributed by atoms with E-state index in [0.717, 1.165) is 6.42 Å². The van der Waals surface area contributed by atoms with E-state index in [2.05, 4.69) is 59.3 Å². The summed E-state index contributed by atoms with van der Waals surface area (Å²) in [6, 6.07) is 0. The van der Waals surface area contributed by atoms with Crippen LogP contribution in [0.15, 0.2) is 0 Å². The maximum atomic E-state index is 8.75. The molecule has 0 aromatic rings. The summed E-state index contributed by atoms with van der Waals surface area (Å²) in [6.45, 7) is 13.9. The zero-order valence-electron chi connectivity index (χ0n) is 29.1. The Morgan fingerprint density at radius 1 is 0.475 bits per heavy atom. The predicted octanol–water partition coefficient (Wildman–Crippen LogP) is 12.2. The molecule has 0 heterocycles. The summed E-state index contributed by atoms with van der Waals surface area (Å²) < 4.78 is 0. The van der Waals surface area contributed by atoms with E-state index in [1.165, 1.54) is 134 Å². The molecule has 0 saturated heterocycles. The number of aliphatic hydroxyl groups excluding tert-OH is 1. The number of rotatable bonds is 28. The monoisotopic (exact) mass is 701 g/mol. The molecule has 4 heteroatoms. The predicted molar refractivity (Wildman–Crippen MR) is 195 cm³/mol. The summed E-state index contributed by atoms with van der Waals surface area (Å²) in [5.74, 6) is 0.560. The minimum atomic E-state index is -0.410. The molecule has 236 valence electrons. The van der Waals surface area contributed by atoms with E-state index in [4.69, 9.17) is 5.11 Å². The van der Waals surface area contributed by atoms with Gasteiger partial charge in [0.2, 0.25) is 0 Å². The van der Waals surface area contributed by atoms with Gasteiger partial charge in [-0.3, -0.25) is 0 Å². The van der Waals surface area contributed by atoms with Crippen molar-refractivity contribution in [3.05, 3.63) is 0 Å². The summed E-state index contributed by atoms with van der Waals surface area (Å²) in [5.41, 5.74) is 0. The first-order chi connectivity index (χ1) is 19.1. The Bertz CT molecular complexity index is 342. The van der Waals surface area contributed by atoms with E-state index in [9.17, 15) is 0 Å². The molecule has 0 fully saturated rings. The molecule has 1 atom stereocenters. The van der Waals surface area contributed by atoms with Crippen LogP contribution in [0.4, 0.5) is 0 Å². The first-order valence-corrected chi connectivity index (χ1v) is 21.2. The van der Waals surface area contributed by atoms with E-state index in [-0.39, 0.29) is 48.9 Å². The Morgan fingerprint density at radius 2 is 0.800 bits per heavy atom. The molecule has 1 unspecified atom stereocenters. The van der Waals surface area contributed by atoms with Gasteiger partial charge in [-0.2, -0.15) is 0 Å². The average Bonchev–Trinajstić information content (AvgIpc) is 2.95. The fraction of sp³-hybridized carbons (Fsp3) is 1.00. The Morgan fingerprint density at radius 3 is 1.05 bits per heavy atom. The van der Waals surface area contributed by atoms with Crippen molar-refractivity contribution >= 4 is 80.7 Å². The molecular formula is C36H80AlBaLiO. The van der Waals surface area contributed by atoms with Gasteiger partial charge in [0.15, 0.2) is 0 Å². The van der Waals surface area contributed by atoms with E-state index < -0.39 is 14.1 Å². The van der Waals surface area contributed by atoms with Crippen LogP contribution in [0.25, 0.3) is 0 Å². The Labute approximate surface area is 311 Å². The summed E-state index contributed by atoms with van der Waals surface area (Å²) in [4.78, 5) is 0. The van der Waals surface area contributed by atoms with Crippen molar-refractivity contribution < 1.29 is 5.11 Å². The van der Waals surface area contributed by atoms with Crippen LogP contribution in [0.5, 0.6) is 0 Å². The molecule has 0 rings (SSSR count). The number of hydrogen-bond donors (Lipinski definition) is 1. The van der Waals surface area contributed by atoms with Crippen molar-refractivity contribution in [1.82, 2.24) is 0 Å². The number of aliphatic hydroxyl groups is 1. The molecule has 0 radical (unpaired) electrons. The Balaban J connectivity index is -0.000000355. The van der Waals surface area contributed by atoms with Crippen LogP contribution in [0.3, 0.4) is 0 Å². The van der Waals surface area contributed by atoms with Gasteiger partial charge in [0.25, 0.3) is 14.1 Å². The number of unbranched alkanes of at least 4 members (excludes halogenated alkanes) is 17. The third-order valence-electron chi connectivity index (χ3n) is 8.41. The van der Waals surface area contributed by atoms with Gasteiger partial charge in [-0.05, 0) is 12.3 Å². The van der Waals surface area contributed by atoms with E-state index in [1.54, 1.807) is 35.1 Å². The summed E-state index contributed by atoms with van der Waals surface area (Å²) in [7, 11) is 0. The zero-order chi connectivity index (χ0) is 29.7. The zero-order valence-corrected chi connectivity index (χ0v) is 30.3. The molecule has 40 heavy (non-hydrogen) atoms. The van der Waals surface area contributed by atoms with Crippen LogP contribution in [0.2, 0.25) is 20.9 Å². The second-order valence-corrected chi connectivity index (χ2v) is 16.0. The second-order valence-electron chi connectivity index (χ2n) is 12.5.